The highest BCUT2D eigenvalue weighted by molar-refractivity contribution is 9.10. The number of oxazole rings is 1. The maximum absolute atomic E-state index is 13.2. The number of hydrogen-bond acceptors (Lipinski definition) is 4. The van der Waals surface area contributed by atoms with E-state index in [1.54, 1.807) is 24.3 Å². The minimum Gasteiger partial charge on any atom is -0.439 e. The summed E-state index contributed by atoms with van der Waals surface area (Å²) in [7, 11) is -3.63. The Morgan fingerprint density at radius 2 is 1.73 bits per heavy atom. The number of sulfonamides is 1. The molecule has 0 saturated carbocycles. The van der Waals surface area contributed by atoms with Crippen LogP contribution >= 0.6 is 15.9 Å². The van der Waals surface area contributed by atoms with Gasteiger partial charge < -0.3 is 4.42 Å². The van der Waals surface area contributed by atoms with E-state index in [9.17, 15) is 8.42 Å². The Morgan fingerprint density at radius 3 is 2.50 bits per heavy atom. The van der Waals surface area contributed by atoms with E-state index in [2.05, 4.69) is 20.9 Å². The van der Waals surface area contributed by atoms with Gasteiger partial charge in [0.15, 0.2) is 5.58 Å². The number of hydrogen-bond donors (Lipinski definition) is 0. The molecule has 3 aromatic carbocycles. The van der Waals surface area contributed by atoms with Crippen LogP contribution < -0.4 is 0 Å². The highest BCUT2D eigenvalue weighted by atomic mass is 79.9. The molecule has 30 heavy (non-hydrogen) atoms. The molecule has 2 heterocycles. The summed E-state index contributed by atoms with van der Waals surface area (Å²) in [6.07, 6.45) is 1.46. The molecule has 1 aromatic heterocycles. The summed E-state index contributed by atoms with van der Waals surface area (Å²) in [5, 5.41) is 0. The first-order valence-corrected chi connectivity index (χ1v) is 12.0. The van der Waals surface area contributed by atoms with Crippen LogP contribution in [0.25, 0.3) is 22.2 Å². The molecule has 1 aliphatic heterocycles. The van der Waals surface area contributed by atoms with Crippen molar-refractivity contribution in [1.29, 1.82) is 0 Å². The number of benzene rings is 3. The van der Waals surface area contributed by atoms with Gasteiger partial charge in [-0.25, -0.2) is 13.4 Å². The molecule has 1 atom stereocenters. The third-order valence-corrected chi connectivity index (χ3v) is 7.87. The van der Waals surface area contributed by atoms with Gasteiger partial charge in [0.05, 0.1) is 4.90 Å². The van der Waals surface area contributed by atoms with E-state index in [1.807, 2.05) is 48.5 Å². The van der Waals surface area contributed by atoms with E-state index in [-0.39, 0.29) is 4.90 Å². The fourth-order valence-electron chi connectivity index (χ4n) is 3.91. The molecular formula is C23H19BrN2O3S. The minimum absolute atomic E-state index is 0.278. The van der Waals surface area contributed by atoms with Crippen molar-refractivity contribution in [2.24, 2.45) is 0 Å². The summed E-state index contributed by atoms with van der Waals surface area (Å²) >= 11 is 3.35. The lowest BCUT2D eigenvalue weighted by molar-refractivity contribution is 0.337. The summed E-state index contributed by atoms with van der Waals surface area (Å²) in [6, 6.07) is 22.3. The molecule has 4 aromatic rings. The zero-order chi connectivity index (χ0) is 20.7. The maximum atomic E-state index is 13.2. The Balaban J connectivity index is 1.50. The zero-order valence-electron chi connectivity index (χ0n) is 16.0. The van der Waals surface area contributed by atoms with Crippen LogP contribution in [0.1, 0.15) is 24.8 Å². The fraction of sp³-hybridized carbons (Fsp3) is 0.174. The van der Waals surface area contributed by atoms with Gasteiger partial charge in [-0.3, -0.25) is 0 Å². The maximum Gasteiger partial charge on any atom is 0.243 e. The van der Waals surface area contributed by atoms with E-state index >= 15 is 0 Å². The predicted octanol–water partition coefficient (Wildman–Crippen LogP) is 5.78. The molecule has 152 valence electrons. The molecule has 0 N–H and O–H groups in total. The Labute approximate surface area is 183 Å². The number of fused-ring (bicyclic) bond motifs is 1. The number of rotatable bonds is 4. The van der Waals surface area contributed by atoms with E-state index in [0.717, 1.165) is 27.5 Å². The lowest BCUT2D eigenvalue weighted by atomic mass is 10.1. The van der Waals surface area contributed by atoms with Gasteiger partial charge in [0, 0.05) is 11.0 Å². The van der Waals surface area contributed by atoms with Crippen LogP contribution in [0.2, 0.25) is 0 Å². The van der Waals surface area contributed by atoms with Crippen molar-refractivity contribution >= 4 is 37.1 Å². The first-order chi connectivity index (χ1) is 14.5. The highest BCUT2D eigenvalue weighted by Crippen LogP contribution is 2.38. The number of halogens is 1. The second kappa shape index (κ2) is 7.65. The molecule has 5 nitrogen and oxygen atoms in total. The quantitative estimate of drug-likeness (QED) is 0.369. The van der Waals surface area contributed by atoms with Gasteiger partial charge >= 0.3 is 0 Å². The van der Waals surface area contributed by atoms with Gasteiger partial charge in [0.2, 0.25) is 15.9 Å². The standard InChI is InChI=1S/C23H19BrN2O3S/c24-18-9-11-19(12-10-18)30(27,28)26-14-4-7-21(26)23-25-20-15-17(8-13-22(20)29-23)16-5-2-1-3-6-16/h1-3,5-6,8-13,15,21H,4,7,14H2/t21-/m0/s1. The molecule has 1 saturated heterocycles. The number of nitrogens with zero attached hydrogens (tertiary/aromatic N) is 2. The van der Waals surface area contributed by atoms with E-state index in [0.29, 0.717) is 24.4 Å². The van der Waals surface area contributed by atoms with Crippen LogP contribution in [0.4, 0.5) is 0 Å². The Morgan fingerprint density at radius 1 is 0.967 bits per heavy atom. The highest BCUT2D eigenvalue weighted by Gasteiger charge is 2.39. The van der Waals surface area contributed by atoms with E-state index in [4.69, 9.17) is 4.42 Å². The minimum atomic E-state index is -3.63. The van der Waals surface area contributed by atoms with E-state index < -0.39 is 16.1 Å². The molecule has 1 aliphatic rings. The molecule has 0 unspecified atom stereocenters. The third-order valence-electron chi connectivity index (χ3n) is 5.42. The predicted molar refractivity (Wildman–Crippen MR) is 119 cm³/mol. The van der Waals surface area contributed by atoms with Gasteiger partial charge in [-0.05, 0) is 60.4 Å². The molecule has 0 aliphatic carbocycles. The summed E-state index contributed by atoms with van der Waals surface area (Å²) in [5.74, 6) is 0.452. The summed E-state index contributed by atoms with van der Waals surface area (Å²) in [5.41, 5.74) is 3.55. The van der Waals surface area contributed by atoms with Crippen molar-refractivity contribution in [1.82, 2.24) is 9.29 Å². The van der Waals surface area contributed by atoms with Crippen LogP contribution in [-0.4, -0.2) is 24.3 Å². The normalized spacial score (nSPS) is 17.6. The van der Waals surface area contributed by atoms with Crippen LogP contribution in [0, 0.1) is 0 Å². The van der Waals surface area contributed by atoms with Crippen LogP contribution in [0.3, 0.4) is 0 Å². The van der Waals surface area contributed by atoms with Crippen molar-refractivity contribution in [3.8, 4) is 11.1 Å². The molecule has 0 amide bonds. The Kier molecular flexibility index (Phi) is 4.97. The SMILES string of the molecule is O=S(=O)(c1ccc(Br)cc1)N1CCC[C@H]1c1nc2cc(-c3ccccc3)ccc2o1. The monoisotopic (exact) mass is 482 g/mol. The lowest BCUT2D eigenvalue weighted by Gasteiger charge is -2.21. The second-order valence-corrected chi connectivity index (χ2v) is 10.1. The molecule has 5 rings (SSSR count). The topological polar surface area (TPSA) is 63.4 Å². The summed E-state index contributed by atoms with van der Waals surface area (Å²) < 4.78 is 34.8. The third kappa shape index (κ3) is 3.47. The first-order valence-electron chi connectivity index (χ1n) is 9.76. The molecule has 7 heteroatoms. The van der Waals surface area contributed by atoms with Crippen molar-refractivity contribution in [3.63, 3.8) is 0 Å². The van der Waals surface area contributed by atoms with Crippen molar-refractivity contribution in [2.45, 2.75) is 23.8 Å². The summed E-state index contributed by atoms with van der Waals surface area (Å²) in [4.78, 5) is 4.95. The Bertz CT molecular complexity index is 1300. The van der Waals surface area contributed by atoms with Crippen molar-refractivity contribution in [3.05, 3.63) is 83.2 Å². The van der Waals surface area contributed by atoms with Crippen LogP contribution in [0.5, 0.6) is 0 Å². The van der Waals surface area contributed by atoms with Gasteiger partial charge in [-0.15, -0.1) is 0 Å². The second-order valence-electron chi connectivity index (χ2n) is 7.33. The first kappa shape index (κ1) is 19.5. The lowest BCUT2D eigenvalue weighted by Crippen LogP contribution is -2.30. The fourth-order valence-corrected chi connectivity index (χ4v) is 5.83. The average molecular weight is 483 g/mol. The molecule has 0 bridgehead atoms. The smallest absolute Gasteiger partial charge is 0.243 e. The average Bonchev–Trinajstić information content (AvgIpc) is 3.41. The van der Waals surface area contributed by atoms with Gasteiger partial charge in [0.25, 0.3) is 0 Å². The van der Waals surface area contributed by atoms with Crippen molar-refractivity contribution < 1.29 is 12.8 Å². The molecular weight excluding hydrogens is 464 g/mol. The number of aromatic nitrogens is 1. The molecule has 1 fully saturated rings. The van der Waals surface area contributed by atoms with Gasteiger partial charge in [-0.2, -0.15) is 4.31 Å². The summed E-state index contributed by atoms with van der Waals surface area (Å²) in [6.45, 7) is 0.455. The van der Waals surface area contributed by atoms with Crippen LogP contribution in [-0.2, 0) is 10.0 Å². The largest absolute Gasteiger partial charge is 0.439 e. The van der Waals surface area contributed by atoms with Crippen LogP contribution in [0.15, 0.2) is 86.6 Å². The van der Waals surface area contributed by atoms with Gasteiger partial charge in [-0.1, -0.05) is 52.3 Å². The van der Waals surface area contributed by atoms with E-state index in [1.165, 1.54) is 4.31 Å². The molecule has 0 radical (unpaired) electrons. The van der Waals surface area contributed by atoms with Crippen molar-refractivity contribution in [2.75, 3.05) is 6.54 Å². The molecule has 0 spiro atoms. The Hall–Kier alpha value is -2.48. The van der Waals surface area contributed by atoms with Gasteiger partial charge in [0.1, 0.15) is 11.6 Å². The zero-order valence-corrected chi connectivity index (χ0v) is 18.4.